The van der Waals surface area contributed by atoms with Gasteiger partial charge in [0.25, 0.3) is 0 Å². The molecule has 12 heavy (non-hydrogen) atoms. The summed E-state index contributed by atoms with van der Waals surface area (Å²) < 4.78 is 9.60. The summed E-state index contributed by atoms with van der Waals surface area (Å²) in [6.07, 6.45) is 1.76. The van der Waals surface area contributed by atoms with Crippen LogP contribution in [0.1, 0.15) is 6.42 Å². The second kappa shape index (κ2) is 8.23. The lowest BCUT2D eigenvalue weighted by Gasteiger charge is -2.02. The molecule has 0 radical (unpaired) electrons. The number of ether oxygens (including phenoxy) is 2. The third-order valence-electron chi connectivity index (χ3n) is 1.08. The Bertz CT molecular complexity index is 133. The van der Waals surface area contributed by atoms with Crippen molar-refractivity contribution in [2.45, 2.75) is 6.42 Å². The number of aliphatic hydroxyl groups is 1. The second-order valence-electron chi connectivity index (χ2n) is 2.06. The molecule has 0 fully saturated rings. The molecule has 0 saturated carbocycles. The number of carbonyl (C=O) groups is 1. The van der Waals surface area contributed by atoms with Crippen LogP contribution in [0.25, 0.3) is 0 Å². The summed E-state index contributed by atoms with van der Waals surface area (Å²) in [6.45, 7) is 4.42. The van der Waals surface area contributed by atoms with Crippen molar-refractivity contribution in [1.29, 1.82) is 0 Å². The van der Waals surface area contributed by atoms with Crippen LogP contribution in [0.5, 0.6) is 0 Å². The number of hydrogen-bond donors (Lipinski definition) is 1. The minimum Gasteiger partial charge on any atom is -0.462 e. The first-order valence-electron chi connectivity index (χ1n) is 3.79. The predicted molar refractivity (Wildman–Crippen MR) is 43.7 cm³/mol. The van der Waals surface area contributed by atoms with E-state index in [2.05, 4.69) is 11.3 Å². The van der Waals surface area contributed by atoms with E-state index in [1.165, 1.54) is 0 Å². The second-order valence-corrected chi connectivity index (χ2v) is 2.06. The van der Waals surface area contributed by atoms with E-state index in [1.54, 1.807) is 0 Å². The van der Waals surface area contributed by atoms with Gasteiger partial charge >= 0.3 is 5.97 Å². The molecule has 0 atom stereocenters. The Morgan fingerprint density at radius 2 is 2.17 bits per heavy atom. The predicted octanol–water partition coefficient (Wildman–Crippen LogP) is 0.115. The van der Waals surface area contributed by atoms with Gasteiger partial charge in [0.15, 0.2) is 0 Å². The van der Waals surface area contributed by atoms with Gasteiger partial charge in [-0.3, -0.25) is 0 Å². The standard InChI is InChI=1S/C8H14O4/c1-2-8(10)12-6-3-5-11-7-4-9/h2,9H,1,3-7H2. The van der Waals surface area contributed by atoms with Crippen LogP contribution in [0.2, 0.25) is 0 Å². The average Bonchev–Trinajstić information content (AvgIpc) is 2.10. The van der Waals surface area contributed by atoms with Gasteiger partial charge in [-0.25, -0.2) is 4.79 Å². The summed E-state index contributed by atoms with van der Waals surface area (Å²) in [4.78, 5) is 10.5. The molecule has 0 heterocycles. The van der Waals surface area contributed by atoms with Gasteiger partial charge in [0.2, 0.25) is 0 Å². The van der Waals surface area contributed by atoms with Crippen LogP contribution in [-0.2, 0) is 14.3 Å². The van der Waals surface area contributed by atoms with Crippen LogP contribution >= 0.6 is 0 Å². The summed E-state index contributed by atoms with van der Waals surface area (Å²) >= 11 is 0. The van der Waals surface area contributed by atoms with Crippen molar-refractivity contribution < 1.29 is 19.4 Å². The van der Waals surface area contributed by atoms with Gasteiger partial charge in [0, 0.05) is 19.1 Å². The highest BCUT2D eigenvalue weighted by Gasteiger charge is 1.94. The largest absolute Gasteiger partial charge is 0.462 e. The Hall–Kier alpha value is -0.870. The minimum absolute atomic E-state index is 0.0203. The SMILES string of the molecule is C=CC(=O)OCCCOCCO. The molecule has 0 aromatic rings. The third kappa shape index (κ3) is 7.24. The van der Waals surface area contributed by atoms with Crippen molar-refractivity contribution in [3.8, 4) is 0 Å². The van der Waals surface area contributed by atoms with Crippen molar-refractivity contribution in [2.75, 3.05) is 26.4 Å². The molecule has 0 spiro atoms. The summed E-state index contributed by atoms with van der Waals surface area (Å²) in [5.41, 5.74) is 0. The van der Waals surface area contributed by atoms with Crippen LogP contribution in [0.15, 0.2) is 12.7 Å². The molecule has 1 N–H and O–H groups in total. The molecule has 4 nitrogen and oxygen atoms in total. The Labute approximate surface area is 71.8 Å². The maximum absolute atomic E-state index is 10.5. The molecule has 0 aliphatic heterocycles. The molecule has 70 valence electrons. The van der Waals surface area contributed by atoms with E-state index in [4.69, 9.17) is 9.84 Å². The monoisotopic (exact) mass is 174 g/mol. The van der Waals surface area contributed by atoms with Crippen molar-refractivity contribution in [3.05, 3.63) is 12.7 Å². The van der Waals surface area contributed by atoms with Gasteiger partial charge in [-0.2, -0.15) is 0 Å². The zero-order valence-electron chi connectivity index (χ0n) is 6.99. The first kappa shape index (κ1) is 11.1. The van der Waals surface area contributed by atoms with Crippen LogP contribution in [-0.4, -0.2) is 37.5 Å². The molecule has 0 aromatic carbocycles. The van der Waals surface area contributed by atoms with E-state index < -0.39 is 5.97 Å². The van der Waals surface area contributed by atoms with E-state index >= 15 is 0 Å². The molecule has 0 aromatic heterocycles. The van der Waals surface area contributed by atoms with Crippen molar-refractivity contribution in [1.82, 2.24) is 0 Å². The quantitative estimate of drug-likeness (QED) is 0.338. The van der Waals surface area contributed by atoms with Crippen LogP contribution in [0.4, 0.5) is 0 Å². The average molecular weight is 174 g/mol. The number of rotatable bonds is 7. The highest BCUT2D eigenvalue weighted by Crippen LogP contribution is 1.86. The normalized spacial score (nSPS) is 9.42. The zero-order chi connectivity index (χ0) is 9.23. The summed E-state index contributed by atoms with van der Waals surface area (Å²) in [5.74, 6) is -0.419. The van der Waals surface area contributed by atoms with Crippen LogP contribution < -0.4 is 0 Å². The van der Waals surface area contributed by atoms with Crippen molar-refractivity contribution >= 4 is 5.97 Å². The van der Waals surface area contributed by atoms with E-state index in [9.17, 15) is 4.79 Å². The van der Waals surface area contributed by atoms with Gasteiger partial charge in [0.1, 0.15) is 0 Å². The number of aliphatic hydroxyl groups excluding tert-OH is 1. The van der Waals surface area contributed by atoms with E-state index in [0.29, 0.717) is 26.2 Å². The van der Waals surface area contributed by atoms with Gasteiger partial charge < -0.3 is 14.6 Å². The maximum atomic E-state index is 10.5. The maximum Gasteiger partial charge on any atom is 0.330 e. The molecule has 4 heteroatoms. The number of esters is 1. The van der Waals surface area contributed by atoms with E-state index in [1.807, 2.05) is 0 Å². The van der Waals surface area contributed by atoms with Gasteiger partial charge in [0.05, 0.1) is 19.8 Å². The molecular formula is C8H14O4. The summed E-state index contributed by atoms with van der Waals surface area (Å²) in [6, 6.07) is 0. The Morgan fingerprint density at radius 1 is 1.42 bits per heavy atom. The van der Waals surface area contributed by atoms with Crippen molar-refractivity contribution in [3.63, 3.8) is 0 Å². The topological polar surface area (TPSA) is 55.8 Å². The smallest absolute Gasteiger partial charge is 0.330 e. The highest BCUT2D eigenvalue weighted by molar-refractivity contribution is 5.81. The minimum atomic E-state index is -0.419. The van der Waals surface area contributed by atoms with Gasteiger partial charge in [-0.05, 0) is 0 Å². The number of hydrogen-bond acceptors (Lipinski definition) is 4. The fourth-order valence-corrected chi connectivity index (χ4v) is 0.559. The lowest BCUT2D eigenvalue weighted by atomic mass is 10.5. The number of carbonyl (C=O) groups excluding carboxylic acids is 1. The Kier molecular flexibility index (Phi) is 7.63. The fraction of sp³-hybridized carbons (Fsp3) is 0.625. The molecule has 0 aliphatic carbocycles. The van der Waals surface area contributed by atoms with Crippen LogP contribution in [0.3, 0.4) is 0 Å². The summed E-state index contributed by atoms with van der Waals surface area (Å²) in [5, 5.41) is 8.33. The molecule has 0 aliphatic rings. The molecular weight excluding hydrogens is 160 g/mol. The molecule has 0 saturated heterocycles. The first-order valence-corrected chi connectivity index (χ1v) is 3.79. The van der Waals surface area contributed by atoms with Gasteiger partial charge in [-0.15, -0.1) is 0 Å². The van der Waals surface area contributed by atoms with E-state index in [-0.39, 0.29) is 6.61 Å². The fourth-order valence-electron chi connectivity index (χ4n) is 0.559. The Balaban J connectivity index is 3.00. The zero-order valence-corrected chi connectivity index (χ0v) is 6.99. The third-order valence-corrected chi connectivity index (χ3v) is 1.08. The molecule has 0 bridgehead atoms. The van der Waals surface area contributed by atoms with Crippen LogP contribution in [0, 0.1) is 0 Å². The lowest BCUT2D eigenvalue weighted by Crippen LogP contribution is -2.06. The van der Waals surface area contributed by atoms with Crippen molar-refractivity contribution in [2.24, 2.45) is 0 Å². The van der Waals surface area contributed by atoms with Gasteiger partial charge in [-0.1, -0.05) is 6.58 Å². The molecule has 0 amide bonds. The lowest BCUT2D eigenvalue weighted by molar-refractivity contribution is -0.138. The highest BCUT2D eigenvalue weighted by atomic mass is 16.5. The summed E-state index contributed by atoms with van der Waals surface area (Å²) in [7, 11) is 0. The Morgan fingerprint density at radius 3 is 2.75 bits per heavy atom. The molecule has 0 unspecified atom stereocenters. The first-order chi connectivity index (χ1) is 5.81. The molecule has 0 rings (SSSR count). The van der Waals surface area contributed by atoms with E-state index in [0.717, 1.165) is 6.08 Å².